The number of carbonyl (C=O) groups excluding carboxylic acids is 1. The van der Waals surface area contributed by atoms with Gasteiger partial charge in [-0.15, -0.1) is 11.3 Å². The molecule has 0 saturated heterocycles. The number of carboxylic acids is 1. The smallest absolute Gasteiger partial charge is 0.329 e. The third-order valence-corrected chi connectivity index (χ3v) is 5.32. The predicted molar refractivity (Wildman–Crippen MR) is 78.9 cm³/mol. The summed E-state index contributed by atoms with van der Waals surface area (Å²) in [6.07, 6.45) is 2.73. The van der Waals surface area contributed by atoms with E-state index >= 15 is 0 Å². The van der Waals surface area contributed by atoms with E-state index in [1.807, 2.05) is 24.4 Å². The van der Waals surface area contributed by atoms with E-state index in [2.05, 4.69) is 12.2 Å². The molecular weight excluding hydrogens is 274 g/mol. The third-order valence-electron chi connectivity index (χ3n) is 4.26. The van der Waals surface area contributed by atoms with Gasteiger partial charge in [-0.3, -0.25) is 4.79 Å². The maximum absolute atomic E-state index is 12.3. The molecule has 110 valence electrons. The highest BCUT2D eigenvalue weighted by Crippen LogP contribution is 2.33. The van der Waals surface area contributed by atoms with Crippen LogP contribution < -0.4 is 5.32 Å². The highest BCUT2D eigenvalue weighted by Gasteiger charge is 2.43. The lowest BCUT2D eigenvalue weighted by atomic mass is 9.77. The zero-order valence-corrected chi connectivity index (χ0v) is 12.7. The van der Waals surface area contributed by atoms with E-state index in [0.29, 0.717) is 18.8 Å². The molecule has 1 fully saturated rings. The fraction of sp³-hybridized carbons (Fsp3) is 0.600. The molecule has 1 heterocycles. The molecule has 1 amide bonds. The first-order valence-corrected chi connectivity index (χ1v) is 7.91. The van der Waals surface area contributed by atoms with Gasteiger partial charge in [0, 0.05) is 4.88 Å². The summed E-state index contributed by atoms with van der Waals surface area (Å²) in [6, 6.07) is 3.81. The molecule has 0 aliphatic heterocycles. The highest BCUT2D eigenvalue weighted by atomic mass is 32.1. The largest absolute Gasteiger partial charge is 0.480 e. The van der Waals surface area contributed by atoms with Crippen LogP contribution in [-0.2, 0) is 9.59 Å². The lowest BCUT2D eigenvalue weighted by Gasteiger charge is -2.37. The standard InChI is InChI=1S/C15H21NO3S/c1-10-5-7-15(8-6-10,14(18)19)16-13(17)11(2)12-4-3-9-20-12/h3-4,9-11H,5-8H2,1-2H3,(H,16,17)(H,18,19). The molecule has 1 unspecified atom stereocenters. The molecule has 2 N–H and O–H groups in total. The van der Waals surface area contributed by atoms with E-state index in [4.69, 9.17) is 0 Å². The van der Waals surface area contributed by atoms with Crippen LogP contribution in [0.2, 0.25) is 0 Å². The molecule has 1 aromatic rings. The summed E-state index contributed by atoms with van der Waals surface area (Å²) in [5, 5.41) is 14.3. The number of thiophene rings is 1. The number of hydrogen-bond acceptors (Lipinski definition) is 3. The maximum atomic E-state index is 12.3. The lowest BCUT2D eigenvalue weighted by molar-refractivity contribution is -0.149. The Morgan fingerprint density at radius 2 is 2.10 bits per heavy atom. The molecule has 1 aliphatic rings. The number of nitrogens with one attached hydrogen (secondary N) is 1. The van der Waals surface area contributed by atoms with E-state index in [1.165, 1.54) is 11.3 Å². The van der Waals surface area contributed by atoms with Gasteiger partial charge in [0.15, 0.2) is 0 Å². The molecule has 4 nitrogen and oxygen atoms in total. The normalized spacial score (nSPS) is 27.8. The molecule has 1 atom stereocenters. The Balaban J connectivity index is 2.09. The van der Waals surface area contributed by atoms with E-state index in [1.54, 1.807) is 0 Å². The van der Waals surface area contributed by atoms with Gasteiger partial charge < -0.3 is 10.4 Å². The van der Waals surface area contributed by atoms with Gasteiger partial charge in [-0.05, 0) is 50.0 Å². The number of carboxylic acid groups (broad SMARTS) is 1. The van der Waals surface area contributed by atoms with Crippen LogP contribution in [0.15, 0.2) is 17.5 Å². The summed E-state index contributed by atoms with van der Waals surface area (Å²) in [6.45, 7) is 3.95. The number of rotatable bonds is 4. The molecule has 0 aromatic carbocycles. The maximum Gasteiger partial charge on any atom is 0.329 e. The minimum Gasteiger partial charge on any atom is -0.480 e. The fourth-order valence-corrected chi connectivity index (χ4v) is 3.44. The average molecular weight is 295 g/mol. The molecule has 1 saturated carbocycles. The van der Waals surface area contributed by atoms with Gasteiger partial charge in [-0.1, -0.05) is 13.0 Å². The second-order valence-corrected chi connectivity index (χ2v) is 6.78. The van der Waals surface area contributed by atoms with E-state index < -0.39 is 11.5 Å². The minimum absolute atomic E-state index is 0.190. The van der Waals surface area contributed by atoms with Crippen molar-refractivity contribution in [3.63, 3.8) is 0 Å². The molecule has 5 heteroatoms. The first kappa shape index (κ1) is 15.0. The van der Waals surface area contributed by atoms with Crippen LogP contribution in [0.25, 0.3) is 0 Å². The van der Waals surface area contributed by atoms with Gasteiger partial charge in [0.2, 0.25) is 5.91 Å². The summed E-state index contributed by atoms with van der Waals surface area (Å²) in [7, 11) is 0. The minimum atomic E-state index is -1.07. The molecule has 0 bridgehead atoms. The number of aliphatic carboxylic acids is 1. The Hall–Kier alpha value is -1.36. The highest BCUT2D eigenvalue weighted by molar-refractivity contribution is 7.10. The first-order valence-electron chi connectivity index (χ1n) is 7.03. The second-order valence-electron chi connectivity index (χ2n) is 5.80. The van der Waals surface area contributed by atoms with Gasteiger partial charge >= 0.3 is 5.97 Å². The van der Waals surface area contributed by atoms with Crippen molar-refractivity contribution in [2.24, 2.45) is 5.92 Å². The van der Waals surface area contributed by atoms with Gasteiger partial charge in [-0.25, -0.2) is 4.79 Å². The van der Waals surface area contributed by atoms with Crippen LogP contribution >= 0.6 is 11.3 Å². The average Bonchev–Trinajstić information content (AvgIpc) is 2.94. The van der Waals surface area contributed by atoms with Crippen molar-refractivity contribution in [1.29, 1.82) is 0 Å². The zero-order chi connectivity index (χ0) is 14.8. The Morgan fingerprint density at radius 3 is 2.60 bits per heavy atom. The van der Waals surface area contributed by atoms with E-state index in [-0.39, 0.29) is 11.8 Å². The summed E-state index contributed by atoms with van der Waals surface area (Å²) < 4.78 is 0. The molecular formula is C15H21NO3S. The van der Waals surface area contributed by atoms with Gasteiger partial charge in [0.1, 0.15) is 5.54 Å². The first-order chi connectivity index (χ1) is 9.44. The molecule has 20 heavy (non-hydrogen) atoms. The summed E-state index contributed by atoms with van der Waals surface area (Å²) in [4.78, 5) is 24.9. The van der Waals surface area contributed by atoms with Crippen LogP contribution in [0.5, 0.6) is 0 Å². The number of hydrogen-bond donors (Lipinski definition) is 2. The quantitative estimate of drug-likeness (QED) is 0.897. The van der Waals surface area contributed by atoms with Crippen LogP contribution in [0.1, 0.15) is 50.3 Å². The van der Waals surface area contributed by atoms with Crippen molar-refractivity contribution in [3.8, 4) is 0 Å². The third kappa shape index (κ3) is 3.03. The molecule has 2 rings (SSSR count). The SMILES string of the molecule is CC1CCC(NC(=O)C(C)c2cccs2)(C(=O)O)CC1. The monoisotopic (exact) mass is 295 g/mol. The zero-order valence-electron chi connectivity index (χ0n) is 11.9. The molecule has 1 aromatic heterocycles. The van der Waals surface area contributed by atoms with Gasteiger partial charge in [0.05, 0.1) is 5.92 Å². The number of carbonyl (C=O) groups is 2. The van der Waals surface area contributed by atoms with Crippen molar-refractivity contribution >= 4 is 23.2 Å². The molecule has 0 spiro atoms. The Labute approximate surface area is 123 Å². The van der Waals surface area contributed by atoms with Crippen molar-refractivity contribution < 1.29 is 14.7 Å². The Kier molecular flexibility index (Phi) is 4.48. The van der Waals surface area contributed by atoms with Crippen molar-refractivity contribution in [2.75, 3.05) is 0 Å². The molecule has 1 aliphatic carbocycles. The van der Waals surface area contributed by atoms with Crippen molar-refractivity contribution in [2.45, 2.75) is 51.0 Å². The Bertz CT molecular complexity index is 475. The van der Waals surface area contributed by atoms with Gasteiger partial charge in [0.25, 0.3) is 0 Å². The summed E-state index contributed by atoms with van der Waals surface area (Å²) in [5.41, 5.74) is -1.07. The van der Waals surface area contributed by atoms with Crippen LogP contribution in [0.4, 0.5) is 0 Å². The lowest BCUT2D eigenvalue weighted by Crippen LogP contribution is -2.57. The van der Waals surface area contributed by atoms with Crippen LogP contribution in [0, 0.1) is 5.92 Å². The van der Waals surface area contributed by atoms with Crippen molar-refractivity contribution in [3.05, 3.63) is 22.4 Å². The Morgan fingerprint density at radius 1 is 1.45 bits per heavy atom. The van der Waals surface area contributed by atoms with Crippen molar-refractivity contribution in [1.82, 2.24) is 5.32 Å². The van der Waals surface area contributed by atoms with Gasteiger partial charge in [-0.2, -0.15) is 0 Å². The topological polar surface area (TPSA) is 66.4 Å². The summed E-state index contributed by atoms with van der Waals surface area (Å²) >= 11 is 1.52. The fourth-order valence-electron chi connectivity index (χ4n) is 2.66. The second kappa shape index (κ2) is 5.95. The molecule has 0 radical (unpaired) electrons. The van der Waals surface area contributed by atoms with Crippen LogP contribution in [-0.4, -0.2) is 22.5 Å². The van der Waals surface area contributed by atoms with E-state index in [9.17, 15) is 14.7 Å². The predicted octanol–water partition coefficient (Wildman–Crippen LogP) is 3.00. The van der Waals surface area contributed by atoms with E-state index in [0.717, 1.165) is 17.7 Å². The van der Waals surface area contributed by atoms with Crippen LogP contribution in [0.3, 0.4) is 0 Å². The summed E-state index contributed by atoms with van der Waals surface area (Å²) in [5.74, 6) is -0.861. The number of amides is 1.